The van der Waals surface area contributed by atoms with E-state index in [0.29, 0.717) is 15.2 Å². The van der Waals surface area contributed by atoms with Crippen molar-refractivity contribution in [1.82, 2.24) is 15.6 Å². The summed E-state index contributed by atoms with van der Waals surface area (Å²) in [4.78, 5) is 2.33. The smallest absolute Gasteiger partial charge is 0.187 e. The summed E-state index contributed by atoms with van der Waals surface area (Å²) in [6.45, 7) is 5.22. The van der Waals surface area contributed by atoms with Gasteiger partial charge in [0.25, 0.3) is 0 Å². The third-order valence-corrected chi connectivity index (χ3v) is 4.24. The number of morpholine rings is 1. The summed E-state index contributed by atoms with van der Waals surface area (Å²) in [5.74, 6) is 0. The molecule has 0 aliphatic carbocycles. The Hall–Kier alpha value is -0.920. The molecule has 0 radical (unpaired) electrons. The summed E-state index contributed by atoms with van der Waals surface area (Å²) in [7, 11) is 0. The Morgan fingerprint density at radius 2 is 2.14 bits per heavy atom. The van der Waals surface area contributed by atoms with Crippen molar-refractivity contribution in [3.8, 4) is 0 Å². The fourth-order valence-electron chi connectivity index (χ4n) is 1.97. The minimum Gasteiger partial charge on any atom is -0.379 e. The first-order valence-corrected chi connectivity index (χ1v) is 8.14. The molecule has 1 aromatic rings. The average molecular weight is 361 g/mol. The van der Waals surface area contributed by atoms with Gasteiger partial charge < -0.3 is 10.1 Å². The van der Waals surface area contributed by atoms with Crippen molar-refractivity contribution in [2.24, 2.45) is 5.10 Å². The van der Waals surface area contributed by atoms with E-state index in [1.165, 1.54) is 0 Å². The Bertz CT molecular complexity index is 536. The number of nitrogens with zero attached hydrogens (tertiary/aromatic N) is 2. The van der Waals surface area contributed by atoms with Gasteiger partial charge in [0, 0.05) is 31.7 Å². The summed E-state index contributed by atoms with van der Waals surface area (Å²) >= 11 is 17.2. The molecule has 1 aliphatic rings. The van der Waals surface area contributed by atoms with Crippen LogP contribution in [0.5, 0.6) is 0 Å². The highest BCUT2D eigenvalue weighted by molar-refractivity contribution is 7.80. The molecule has 2 N–H and O–H groups in total. The zero-order valence-corrected chi connectivity index (χ0v) is 14.3. The molecule has 8 heteroatoms. The maximum absolute atomic E-state index is 6.06. The van der Waals surface area contributed by atoms with E-state index in [4.69, 9.17) is 40.2 Å². The molecular formula is C14H18Cl2N4OS. The Labute approximate surface area is 145 Å². The molecule has 0 saturated carbocycles. The monoisotopic (exact) mass is 360 g/mol. The molecule has 1 heterocycles. The molecule has 0 spiro atoms. The molecule has 120 valence electrons. The molecule has 5 nitrogen and oxygen atoms in total. The number of hydrazone groups is 1. The highest BCUT2D eigenvalue weighted by Gasteiger charge is 2.09. The lowest BCUT2D eigenvalue weighted by molar-refractivity contribution is 0.0389. The van der Waals surface area contributed by atoms with Crippen molar-refractivity contribution in [3.05, 3.63) is 33.8 Å². The number of thiocarbonyl (C=S) groups is 1. The number of ether oxygens (including phenoxy) is 1. The second kappa shape index (κ2) is 9.27. The van der Waals surface area contributed by atoms with Gasteiger partial charge in [0.05, 0.1) is 29.5 Å². The van der Waals surface area contributed by atoms with E-state index in [1.54, 1.807) is 12.3 Å². The molecule has 0 amide bonds. The summed E-state index contributed by atoms with van der Waals surface area (Å²) in [5.41, 5.74) is 3.49. The van der Waals surface area contributed by atoms with Gasteiger partial charge in [-0.1, -0.05) is 35.3 Å². The van der Waals surface area contributed by atoms with Gasteiger partial charge in [0.2, 0.25) is 0 Å². The highest BCUT2D eigenvalue weighted by Crippen LogP contribution is 2.23. The molecule has 0 aromatic heterocycles. The van der Waals surface area contributed by atoms with Gasteiger partial charge in [-0.2, -0.15) is 5.10 Å². The molecule has 1 saturated heterocycles. The van der Waals surface area contributed by atoms with Crippen LogP contribution < -0.4 is 10.7 Å². The predicted octanol–water partition coefficient (Wildman–Crippen LogP) is 2.12. The Morgan fingerprint density at radius 1 is 1.36 bits per heavy atom. The van der Waals surface area contributed by atoms with E-state index in [0.717, 1.165) is 45.0 Å². The van der Waals surface area contributed by atoms with E-state index in [2.05, 4.69) is 20.7 Å². The van der Waals surface area contributed by atoms with Gasteiger partial charge in [-0.3, -0.25) is 10.3 Å². The second-order valence-electron chi connectivity index (χ2n) is 4.72. The first-order valence-electron chi connectivity index (χ1n) is 6.98. The number of nitrogens with one attached hydrogen (secondary N) is 2. The van der Waals surface area contributed by atoms with Crippen LogP contribution >= 0.6 is 35.4 Å². The van der Waals surface area contributed by atoms with Crippen LogP contribution in [0.3, 0.4) is 0 Å². The normalized spacial score (nSPS) is 15.9. The maximum atomic E-state index is 6.06. The Kier molecular flexibility index (Phi) is 7.35. The maximum Gasteiger partial charge on any atom is 0.187 e. The highest BCUT2D eigenvalue weighted by atomic mass is 35.5. The lowest BCUT2D eigenvalue weighted by atomic mass is 10.2. The summed E-state index contributed by atoms with van der Waals surface area (Å²) in [5, 5.41) is 8.61. The van der Waals surface area contributed by atoms with E-state index >= 15 is 0 Å². The Morgan fingerprint density at radius 3 is 2.91 bits per heavy atom. The van der Waals surface area contributed by atoms with Crippen LogP contribution in [-0.4, -0.2) is 55.6 Å². The fourth-order valence-corrected chi connectivity index (χ4v) is 2.48. The van der Waals surface area contributed by atoms with Crippen LogP contribution in [0.15, 0.2) is 23.3 Å². The van der Waals surface area contributed by atoms with Crippen LogP contribution in [-0.2, 0) is 4.74 Å². The molecular weight excluding hydrogens is 343 g/mol. The van der Waals surface area contributed by atoms with E-state index < -0.39 is 0 Å². The predicted molar refractivity (Wildman–Crippen MR) is 95.1 cm³/mol. The van der Waals surface area contributed by atoms with Crippen molar-refractivity contribution in [2.75, 3.05) is 39.4 Å². The summed E-state index contributed by atoms with van der Waals surface area (Å²) in [6.07, 6.45) is 1.59. The van der Waals surface area contributed by atoms with Crippen LogP contribution in [0.1, 0.15) is 5.56 Å². The standard InChI is InChI=1S/C14H18Cl2N4OS/c15-12-3-1-2-11(13(12)16)10-18-19-14(22)17-4-5-20-6-8-21-9-7-20/h1-3,10H,4-9H2,(H2,17,19,22). The van der Waals surface area contributed by atoms with Crippen LogP contribution in [0.2, 0.25) is 10.0 Å². The lowest BCUT2D eigenvalue weighted by Gasteiger charge is -2.26. The fraction of sp³-hybridized carbons (Fsp3) is 0.429. The zero-order valence-electron chi connectivity index (χ0n) is 12.0. The van der Waals surface area contributed by atoms with Gasteiger partial charge in [-0.25, -0.2) is 0 Å². The van der Waals surface area contributed by atoms with Gasteiger partial charge in [0.15, 0.2) is 5.11 Å². The second-order valence-corrected chi connectivity index (χ2v) is 5.92. The van der Waals surface area contributed by atoms with Crippen molar-refractivity contribution in [1.29, 1.82) is 0 Å². The van der Waals surface area contributed by atoms with Crippen molar-refractivity contribution >= 4 is 46.7 Å². The largest absolute Gasteiger partial charge is 0.379 e. The zero-order chi connectivity index (χ0) is 15.8. The third kappa shape index (κ3) is 5.70. The summed E-state index contributed by atoms with van der Waals surface area (Å²) < 4.78 is 5.30. The van der Waals surface area contributed by atoms with E-state index in [-0.39, 0.29) is 0 Å². The molecule has 0 bridgehead atoms. The molecule has 2 rings (SSSR count). The minimum atomic E-state index is 0.473. The average Bonchev–Trinajstić information content (AvgIpc) is 2.52. The van der Waals surface area contributed by atoms with Crippen LogP contribution in [0.25, 0.3) is 0 Å². The quantitative estimate of drug-likeness (QED) is 0.478. The minimum absolute atomic E-state index is 0.473. The Balaban J connectivity index is 1.68. The first kappa shape index (κ1) is 17.4. The summed E-state index contributed by atoms with van der Waals surface area (Å²) in [6, 6.07) is 5.37. The van der Waals surface area contributed by atoms with Crippen molar-refractivity contribution in [2.45, 2.75) is 0 Å². The molecule has 0 unspecified atom stereocenters. The lowest BCUT2D eigenvalue weighted by Crippen LogP contribution is -2.42. The SMILES string of the molecule is S=C(NCCN1CCOCC1)NN=Cc1cccc(Cl)c1Cl. The number of rotatable bonds is 5. The van der Waals surface area contributed by atoms with E-state index in [9.17, 15) is 0 Å². The van der Waals surface area contributed by atoms with Crippen LogP contribution in [0.4, 0.5) is 0 Å². The van der Waals surface area contributed by atoms with Gasteiger partial charge in [-0.05, 0) is 18.3 Å². The molecule has 1 aromatic carbocycles. The number of hydrogen-bond acceptors (Lipinski definition) is 4. The molecule has 1 aliphatic heterocycles. The van der Waals surface area contributed by atoms with E-state index in [1.807, 2.05) is 12.1 Å². The van der Waals surface area contributed by atoms with Gasteiger partial charge in [0.1, 0.15) is 0 Å². The number of hydrogen-bond donors (Lipinski definition) is 2. The van der Waals surface area contributed by atoms with Gasteiger partial charge >= 0.3 is 0 Å². The molecule has 0 atom stereocenters. The number of benzene rings is 1. The topological polar surface area (TPSA) is 48.9 Å². The van der Waals surface area contributed by atoms with Crippen molar-refractivity contribution in [3.63, 3.8) is 0 Å². The van der Waals surface area contributed by atoms with Crippen LogP contribution in [0, 0.1) is 0 Å². The third-order valence-electron chi connectivity index (χ3n) is 3.17. The molecule has 1 fully saturated rings. The first-order chi connectivity index (χ1) is 10.7. The molecule has 22 heavy (non-hydrogen) atoms. The van der Waals surface area contributed by atoms with Crippen molar-refractivity contribution < 1.29 is 4.74 Å². The van der Waals surface area contributed by atoms with Gasteiger partial charge in [-0.15, -0.1) is 0 Å². The number of halogens is 2.